The number of benzene rings is 2. The van der Waals surface area contributed by atoms with Gasteiger partial charge in [0.25, 0.3) is 0 Å². The summed E-state index contributed by atoms with van der Waals surface area (Å²) in [6, 6.07) is 15.2. The summed E-state index contributed by atoms with van der Waals surface area (Å²) in [7, 11) is 0. The lowest BCUT2D eigenvalue weighted by Crippen LogP contribution is -2.40. The molecule has 3 rings (SSSR count). The molecule has 1 heterocycles. The first-order valence-electron chi connectivity index (χ1n) is 8.14. The highest BCUT2D eigenvalue weighted by atomic mass is 35.5. The summed E-state index contributed by atoms with van der Waals surface area (Å²) in [4.78, 5) is 14.9. The molecule has 0 aromatic heterocycles. The van der Waals surface area contributed by atoms with E-state index in [2.05, 4.69) is 10.2 Å². The molecule has 1 amide bonds. The fourth-order valence-electron chi connectivity index (χ4n) is 3.08. The number of carbonyl (C=O) groups excluding carboxylic acids is 1. The van der Waals surface area contributed by atoms with E-state index in [1.165, 1.54) is 0 Å². The molecule has 1 atom stereocenters. The maximum Gasteiger partial charge on any atom is 0.228 e. The highest BCUT2D eigenvalue weighted by Gasteiger charge is 2.26. The topological polar surface area (TPSA) is 32.3 Å². The first-order valence-corrected chi connectivity index (χ1v) is 8.90. The summed E-state index contributed by atoms with van der Waals surface area (Å²) in [6.45, 7) is 2.50. The summed E-state index contributed by atoms with van der Waals surface area (Å²) in [6.07, 6.45) is 1.90. The van der Waals surface area contributed by atoms with Gasteiger partial charge in [0.05, 0.1) is 16.6 Å². The molecule has 126 valence electrons. The molecule has 1 N–H and O–H groups in total. The Kier molecular flexibility index (Phi) is 5.77. The number of hydrogen-bond donors (Lipinski definition) is 1. The van der Waals surface area contributed by atoms with Crippen LogP contribution >= 0.6 is 23.2 Å². The summed E-state index contributed by atoms with van der Waals surface area (Å²) >= 11 is 12.4. The van der Waals surface area contributed by atoms with Crippen LogP contribution in [-0.2, 0) is 11.3 Å². The molecule has 0 spiro atoms. The van der Waals surface area contributed by atoms with E-state index in [-0.39, 0.29) is 11.8 Å². The predicted octanol–water partition coefficient (Wildman–Crippen LogP) is 4.84. The summed E-state index contributed by atoms with van der Waals surface area (Å²) in [5, 5.41) is 4.29. The van der Waals surface area contributed by atoms with Gasteiger partial charge in [-0.3, -0.25) is 9.69 Å². The molecule has 5 heteroatoms. The first-order chi connectivity index (χ1) is 11.6. The third-order valence-corrected chi connectivity index (χ3v) is 5.06. The van der Waals surface area contributed by atoms with Crippen molar-refractivity contribution in [3.05, 3.63) is 64.1 Å². The van der Waals surface area contributed by atoms with Gasteiger partial charge in [-0.1, -0.05) is 53.5 Å². The van der Waals surface area contributed by atoms with Crippen molar-refractivity contribution < 1.29 is 4.79 Å². The average molecular weight is 363 g/mol. The summed E-state index contributed by atoms with van der Waals surface area (Å²) in [5.41, 5.74) is 1.78. The Morgan fingerprint density at radius 1 is 1.08 bits per heavy atom. The third kappa shape index (κ3) is 4.29. The minimum atomic E-state index is -0.0301. The van der Waals surface area contributed by atoms with Crippen molar-refractivity contribution in [2.75, 3.05) is 18.4 Å². The number of para-hydroxylation sites is 1. The quantitative estimate of drug-likeness (QED) is 0.843. The zero-order valence-electron chi connectivity index (χ0n) is 13.3. The average Bonchev–Trinajstić information content (AvgIpc) is 2.59. The number of halogens is 2. The lowest BCUT2D eigenvalue weighted by Gasteiger charge is -2.32. The Morgan fingerprint density at radius 3 is 2.54 bits per heavy atom. The molecule has 2 aromatic rings. The zero-order valence-corrected chi connectivity index (χ0v) is 14.9. The van der Waals surface area contributed by atoms with E-state index < -0.39 is 0 Å². The van der Waals surface area contributed by atoms with Gasteiger partial charge >= 0.3 is 0 Å². The van der Waals surface area contributed by atoms with E-state index in [4.69, 9.17) is 23.2 Å². The van der Waals surface area contributed by atoms with Crippen LogP contribution in [0.4, 0.5) is 5.69 Å². The maximum atomic E-state index is 12.6. The van der Waals surface area contributed by atoms with Gasteiger partial charge in [-0.15, -0.1) is 0 Å². The van der Waals surface area contributed by atoms with Crippen LogP contribution in [0.25, 0.3) is 0 Å². The van der Waals surface area contributed by atoms with E-state index in [0.29, 0.717) is 10.7 Å². The van der Waals surface area contributed by atoms with Crippen molar-refractivity contribution in [2.24, 2.45) is 5.92 Å². The molecule has 0 bridgehead atoms. The van der Waals surface area contributed by atoms with E-state index in [0.717, 1.165) is 43.1 Å². The van der Waals surface area contributed by atoms with Gasteiger partial charge in [0.2, 0.25) is 5.91 Å². The molecular weight excluding hydrogens is 343 g/mol. The van der Waals surface area contributed by atoms with Crippen LogP contribution in [-0.4, -0.2) is 23.9 Å². The molecule has 1 aliphatic heterocycles. The number of anilines is 1. The van der Waals surface area contributed by atoms with Crippen molar-refractivity contribution in [1.29, 1.82) is 0 Å². The van der Waals surface area contributed by atoms with Crippen LogP contribution < -0.4 is 5.32 Å². The van der Waals surface area contributed by atoms with Crippen molar-refractivity contribution in [2.45, 2.75) is 19.4 Å². The minimum absolute atomic E-state index is 0.0301. The van der Waals surface area contributed by atoms with E-state index >= 15 is 0 Å². The molecule has 3 nitrogen and oxygen atoms in total. The van der Waals surface area contributed by atoms with Crippen molar-refractivity contribution in [3.8, 4) is 0 Å². The Bertz CT molecular complexity index is 720. The third-order valence-electron chi connectivity index (χ3n) is 4.36. The molecule has 24 heavy (non-hydrogen) atoms. The monoisotopic (exact) mass is 362 g/mol. The summed E-state index contributed by atoms with van der Waals surface area (Å²) in [5.74, 6) is 0.00414. The number of likely N-dealkylation sites (tertiary alicyclic amines) is 1. The number of hydrogen-bond acceptors (Lipinski definition) is 2. The highest BCUT2D eigenvalue weighted by Crippen LogP contribution is 2.25. The second-order valence-electron chi connectivity index (χ2n) is 6.13. The van der Waals surface area contributed by atoms with Crippen molar-refractivity contribution in [1.82, 2.24) is 4.90 Å². The molecule has 0 radical (unpaired) electrons. The second kappa shape index (κ2) is 8.02. The Labute approximate surface area is 152 Å². The smallest absolute Gasteiger partial charge is 0.228 e. The van der Waals surface area contributed by atoms with Gasteiger partial charge < -0.3 is 5.32 Å². The van der Waals surface area contributed by atoms with Crippen LogP contribution in [0.2, 0.25) is 10.0 Å². The van der Waals surface area contributed by atoms with Crippen LogP contribution in [0.15, 0.2) is 48.5 Å². The van der Waals surface area contributed by atoms with E-state index in [1.807, 2.05) is 42.5 Å². The van der Waals surface area contributed by atoms with Gasteiger partial charge in [-0.25, -0.2) is 0 Å². The van der Waals surface area contributed by atoms with Crippen LogP contribution in [0.5, 0.6) is 0 Å². The fourth-order valence-corrected chi connectivity index (χ4v) is 3.46. The molecule has 1 fully saturated rings. The Balaban J connectivity index is 1.62. The largest absolute Gasteiger partial charge is 0.324 e. The van der Waals surface area contributed by atoms with Gasteiger partial charge in [0, 0.05) is 18.1 Å². The fraction of sp³-hybridized carbons (Fsp3) is 0.316. The van der Waals surface area contributed by atoms with Gasteiger partial charge in [0.15, 0.2) is 0 Å². The highest BCUT2D eigenvalue weighted by molar-refractivity contribution is 6.33. The second-order valence-corrected chi connectivity index (χ2v) is 6.95. The molecule has 0 saturated carbocycles. The molecule has 0 aliphatic carbocycles. The van der Waals surface area contributed by atoms with Crippen LogP contribution in [0.3, 0.4) is 0 Å². The van der Waals surface area contributed by atoms with Gasteiger partial charge in [-0.05, 0) is 43.1 Å². The van der Waals surface area contributed by atoms with Gasteiger partial charge in [0.1, 0.15) is 0 Å². The number of piperidine rings is 1. The minimum Gasteiger partial charge on any atom is -0.324 e. The predicted molar refractivity (Wildman–Crippen MR) is 99.5 cm³/mol. The lowest BCUT2D eigenvalue weighted by atomic mass is 9.96. The van der Waals surface area contributed by atoms with E-state index in [9.17, 15) is 4.79 Å². The van der Waals surface area contributed by atoms with Crippen LogP contribution in [0, 0.1) is 5.92 Å². The number of carbonyl (C=O) groups is 1. The summed E-state index contributed by atoms with van der Waals surface area (Å²) < 4.78 is 0. The normalized spacial score (nSPS) is 18.3. The standard InChI is InChI=1S/C19H20Cl2N2O/c20-16-8-2-1-6-14(16)12-23-11-5-7-15(13-23)19(24)22-18-10-4-3-9-17(18)21/h1-4,6,8-10,15H,5,7,11-13H2,(H,22,24)/t15-/m0/s1. The number of nitrogens with zero attached hydrogens (tertiary/aromatic N) is 1. The Hall–Kier alpha value is -1.55. The van der Waals surface area contributed by atoms with Crippen LogP contribution in [0.1, 0.15) is 18.4 Å². The lowest BCUT2D eigenvalue weighted by molar-refractivity contribution is -0.121. The van der Waals surface area contributed by atoms with Crippen molar-refractivity contribution >= 4 is 34.8 Å². The molecule has 1 saturated heterocycles. The first kappa shape index (κ1) is 17.3. The molecular formula is C19H20Cl2N2O. The maximum absolute atomic E-state index is 12.6. The van der Waals surface area contributed by atoms with E-state index in [1.54, 1.807) is 6.07 Å². The number of nitrogens with one attached hydrogen (secondary N) is 1. The Morgan fingerprint density at radius 2 is 1.79 bits per heavy atom. The molecule has 1 aliphatic rings. The van der Waals surface area contributed by atoms with Gasteiger partial charge in [-0.2, -0.15) is 0 Å². The number of rotatable bonds is 4. The SMILES string of the molecule is O=C(Nc1ccccc1Cl)[C@H]1CCCN(Cc2ccccc2Cl)C1. The molecule has 0 unspecified atom stereocenters. The number of amides is 1. The molecule has 2 aromatic carbocycles. The zero-order chi connectivity index (χ0) is 16.9. The van der Waals surface area contributed by atoms with Crippen molar-refractivity contribution in [3.63, 3.8) is 0 Å².